The lowest BCUT2D eigenvalue weighted by atomic mass is 9.73. The Morgan fingerprint density at radius 3 is 2.33 bits per heavy atom. The van der Waals surface area contributed by atoms with Crippen LogP contribution in [0.5, 0.6) is 0 Å². The van der Waals surface area contributed by atoms with Crippen LogP contribution in [0.1, 0.15) is 44.8 Å². The van der Waals surface area contributed by atoms with E-state index in [2.05, 4.69) is 13.8 Å². The van der Waals surface area contributed by atoms with Gasteiger partial charge in [-0.25, -0.2) is 0 Å². The first-order chi connectivity index (χ1) is 8.49. The summed E-state index contributed by atoms with van der Waals surface area (Å²) in [6.45, 7) is 4.52. The van der Waals surface area contributed by atoms with E-state index in [0.29, 0.717) is 27.8 Å². The molecule has 0 saturated heterocycles. The van der Waals surface area contributed by atoms with Crippen LogP contribution in [0.3, 0.4) is 0 Å². The molecule has 0 spiro atoms. The van der Waals surface area contributed by atoms with E-state index in [-0.39, 0.29) is 0 Å². The maximum Gasteiger partial charge on any atom is 0.0833 e. The van der Waals surface area contributed by atoms with Crippen molar-refractivity contribution in [3.63, 3.8) is 0 Å². The SMILES string of the molecule is CC1CC(C)CC(C(O)c2cccc(Cl)c2Cl)C1. The summed E-state index contributed by atoms with van der Waals surface area (Å²) >= 11 is 12.2. The largest absolute Gasteiger partial charge is 0.388 e. The van der Waals surface area contributed by atoms with Crippen LogP contribution < -0.4 is 0 Å². The van der Waals surface area contributed by atoms with E-state index >= 15 is 0 Å². The molecule has 0 heterocycles. The van der Waals surface area contributed by atoms with Gasteiger partial charge in [-0.3, -0.25) is 0 Å². The van der Waals surface area contributed by atoms with E-state index in [1.165, 1.54) is 6.42 Å². The zero-order valence-electron chi connectivity index (χ0n) is 10.9. The lowest BCUT2D eigenvalue weighted by Crippen LogP contribution is -2.24. The van der Waals surface area contributed by atoms with Crippen molar-refractivity contribution in [3.8, 4) is 0 Å². The third-order valence-corrected chi connectivity index (χ3v) is 4.80. The monoisotopic (exact) mass is 286 g/mol. The Morgan fingerprint density at radius 2 is 1.72 bits per heavy atom. The predicted molar refractivity (Wildman–Crippen MR) is 77.1 cm³/mol. The fraction of sp³-hybridized carbons (Fsp3) is 0.600. The highest BCUT2D eigenvalue weighted by atomic mass is 35.5. The highest BCUT2D eigenvalue weighted by Gasteiger charge is 2.30. The van der Waals surface area contributed by atoms with E-state index in [9.17, 15) is 5.11 Å². The molecule has 0 aromatic heterocycles. The second-order valence-electron chi connectivity index (χ2n) is 5.77. The molecule has 1 saturated carbocycles. The quantitative estimate of drug-likeness (QED) is 0.802. The Kier molecular flexibility index (Phi) is 4.58. The van der Waals surface area contributed by atoms with Crippen molar-refractivity contribution in [2.75, 3.05) is 0 Å². The van der Waals surface area contributed by atoms with Gasteiger partial charge < -0.3 is 5.11 Å². The van der Waals surface area contributed by atoms with Crippen molar-refractivity contribution in [1.82, 2.24) is 0 Å². The van der Waals surface area contributed by atoms with Crippen LogP contribution in [-0.4, -0.2) is 5.11 Å². The Hall–Kier alpha value is -0.240. The highest BCUT2D eigenvalue weighted by molar-refractivity contribution is 6.42. The van der Waals surface area contributed by atoms with Crippen LogP contribution in [0.2, 0.25) is 10.0 Å². The van der Waals surface area contributed by atoms with Gasteiger partial charge in [-0.15, -0.1) is 0 Å². The van der Waals surface area contributed by atoms with Crippen LogP contribution in [0, 0.1) is 17.8 Å². The molecule has 0 bridgehead atoms. The van der Waals surface area contributed by atoms with Crippen molar-refractivity contribution >= 4 is 23.2 Å². The van der Waals surface area contributed by atoms with E-state index in [4.69, 9.17) is 23.2 Å². The van der Waals surface area contributed by atoms with Gasteiger partial charge in [-0.1, -0.05) is 49.2 Å². The van der Waals surface area contributed by atoms with Crippen LogP contribution in [0.15, 0.2) is 18.2 Å². The van der Waals surface area contributed by atoms with Gasteiger partial charge in [0.15, 0.2) is 0 Å². The number of halogens is 2. The number of aliphatic hydroxyl groups is 1. The normalized spacial score (nSPS) is 30.2. The van der Waals surface area contributed by atoms with E-state index in [1.54, 1.807) is 6.07 Å². The van der Waals surface area contributed by atoms with Gasteiger partial charge >= 0.3 is 0 Å². The Balaban J connectivity index is 2.20. The van der Waals surface area contributed by atoms with Gasteiger partial charge in [0.2, 0.25) is 0 Å². The summed E-state index contributed by atoms with van der Waals surface area (Å²) in [5, 5.41) is 11.6. The number of rotatable bonds is 2. The Morgan fingerprint density at radius 1 is 1.11 bits per heavy atom. The molecule has 0 radical (unpaired) electrons. The summed E-state index contributed by atoms with van der Waals surface area (Å²) in [5.41, 5.74) is 0.774. The molecule has 1 nitrogen and oxygen atoms in total. The molecule has 3 heteroatoms. The summed E-state index contributed by atoms with van der Waals surface area (Å²) in [5.74, 6) is 1.64. The Labute approximate surface area is 119 Å². The average molecular weight is 287 g/mol. The van der Waals surface area contributed by atoms with Gasteiger partial charge in [-0.05, 0) is 43.1 Å². The summed E-state index contributed by atoms with van der Waals surface area (Å²) in [4.78, 5) is 0. The molecule has 18 heavy (non-hydrogen) atoms. The molecule has 1 aliphatic rings. The first-order valence-corrected chi connectivity index (χ1v) is 7.36. The fourth-order valence-electron chi connectivity index (χ4n) is 3.27. The summed E-state index contributed by atoms with van der Waals surface area (Å²) in [7, 11) is 0. The number of hydrogen-bond acceptors (Lipinski definition) is 1. The molecule has 1 N–H and O–H groups in total. The third-order valence-electron chi connectivity index (χ3n) is 3.96. The first-order valence-electron chi connectivity index (χ1n) is 6.61. The van der Waals surface area contributed by atoms with Gasteiger partial charge in [0.05, 0.1) is 16.1 Å². The van der Waals surface area contributed by atoms with Crippen LogP contribution in [-0.2, 0) is 0 Å². The molecule has 0 aliphatic heterocycles. The van der Waals surface area contributed by atoms with Crippen molar-refractivity contribution in [3.05, 3.63) is 33.8 Å². The number of benzene rings is 1. The fourth-order valence-corrected chi connectivity index (χ4v) is 3.69. The van der Waals surface area contributed by atoms with Crippen LogP contribution >= 0.6 is 23.2 Å². The standard InChI is InChI=1S/C15H20Cl2O/c1-9-6-10(2)8-11(7-9)15(18)12-4-3-5-13(16)14(12)17/h3-5,9-11,15,18H,6-8H2,1-2H3. The van der Waals surface area contributed by atoms with Crippen molar-refractivity contribution in [2.24, 2.45) is 17.8 Å². The molecule has 2 rings (SSSR count). The van der Waals surface area contributed by atoms with Crippen molar-refractivity contribution in [2.45, 2.75) is 39.2 Å². The maximum atomic E-state index is 10.5. The molecule has 1 aliphatic carbocycles. The maximum absolute atomic E-state index is 10.5. The smallest absolute Gasteiger partial charge is 0.0833 e. The molecular formula is C15H20Cl2O. The molecule has 1 fully saturated rings. The minimum atomic E-state index is -0.499. The molecule has 1 aromatic carbocycles. The molecular weight excluding hydrogens is 267 g/mol. The third kappa shape index (κ3) is 3.01. The lowest BCUT2D eigenvalue weighted by Gasteiger charge is -2.34. The first kappa shape index (κ1) is 14.2. The second-order valence-corrected chi connectivity index (χ2v) is 6.55. The average Bonchev–Trinajstić information content (AvgIpc) is 2.30. The molecule has 3 unspecified atom stereocenters. The van der Waals surface area contributed by atoms with Gasteiger partial charge in [0.25, 0.3) is 0 Å². The summed E-state index contributed by atoms with van der Waals surface area (Å²) in [6.07, 6.45) is 2.89. The lowest BCUT2D eigenvalue weighted by molar-refractivity contribution is 0.0552. The zero-order chi connectivity index (χ0) is 13.3. The number of hydrogen-bond donors (Lipinski definition) is 1. The van der Waals surface area contributed by atoms with Crippen LogP contribution in [0.4, 0.5) is 0 Å². The minimum Gasteiger partial charge on any atom is -0.388 e. The van der Waals surface area contributed by atoms with Crippen molar-refractivity contribution in [1.29, 1.82) is 0 Å². The van der Waals surface area contributed by atoms with Gasteiger partial charge in [-0.2, -0.15) is 0 Å². The van der Waals surface area contributed by atoms with E-state index < -0.39 is 6.10 Å². The van der Waals surface area contributed by atoms with Crippen molar-refractivity contribution < 1.29 is 5.11 Å². The second kappa shape index (κ2) is 5.81. The van der Waals surface area contributed by atoms with E-state index in [0.717, 1.165) is 18.4 Å². The van der Waals surface area contributed by atoms with Gasteiger partial charge in [0.1, 0.15) is 0 Å². The zero-order valence-corrected chi connectivity index (χ0v) is 12.4. The summed E-state index contributed by atoms with van der Waals surface area (Å²) < 4.78 is 0. The predicted octanol–water partition coefficient (Wildman–Crippen LogP) is 5.10. The Bertz CT molecular complexity index is 409. The topological polar surface area (TPSA) is 20.2 Å². The summed E-state index contributed by atoms with van der Waals surface area (Å²) in [6, 6.07) is 5.48. The molecule has 3 atom stereocenters. The van der Waals surface area contributed by atoms with Crippen LogP contribution in [0.25, 0.3) is 0 Å². The number of aliphatic hydroxyl groups excluding tert-OH is 1. The highest BCUT2D eigenvalue weighted by Crippen LogP contribution is 2.42. The molecule has 0 amide bonds. The van der Waals surface area contributed by atoms with Gasteiger partial charge in [0, 0.05) is 5.56 Å². The minimum absolute atomic E-state index is 0.291. The molecule has 100 valence electrons. The molecule has 1 aromatic rings. The van der Waals surface area contributed by atoms with E-state index in [1.807, 2.05) is 12.1 Å².